The van der Waals surface area contributed by atoms with E-state index in [0.29, 0.717) is 19.5 Å². The van der Waals surface area contributed by atoms with E-state index >= 15 is 0 Å². The van der Waals surface area contributed by atoms with Crippen LogP contribution in [-0.4, -0.2) is 50.8 Å². The number of hydrogen-bond donors (Lipinski definition) is 0. The van der Waals surface area contributed by atoms with Crippen molar-refractivity contribution in [1.82, 2.24) is 4.31 Å². The van der Waals surface area contributed by atoms with Crippen LogP contribution in [0.1, 0.15) is 31.2 Å². The number of piperidine rings is 1. The third-order valence-corrected chi connectivity index (χ3v) is 7.76. The normalized spacial score (nSPS) is 18.8. The highest BCUT2D eigenvalue weighted by atomic mass is 32.2. The van der Waals surface area contributed by atoms with Crippen LogP contribution in [0.2, 0.25) is 0 Å². The first-order valence-electron chi connectivity index (χ1n) is 10.6. The van der Waals surface area contributed by atoms with E-state index in [1.54, 1.807) is 4.31 Å². The molecule has 2 saturated heterocycles. The third kappa shape index (κ3) is 5.11. The monoisotopic (exact) mass is 414 g/mol. The molecule has 0 amide bonds. The van der Waals surface area contributed by atoms with Crippen molar-refractivity contribution in [3.05, 3.63) is 60.2 Å². The van der Waals surface area contributed by atoms with Gasteiger partial charge in [0.15, 0.2) is 0 Å². The smallest absolute Gasteiger partial charge is 0.214 e. The Morgan fingerprint density at radius 1 is 0.862 bits per heavy atom. The molecular weight excluding hydrogens is 384 g/mol. The molecule has 0 atom stereocenters. The number of para-hydroxylation sites is 2. The van der Waals surface area contributed by atoms with Gasteiger partial charge in [-0.1, -0.05) is 42.5 Å². The van der Waals surface area contributed by atoms with Crippen molar-refractivity contribution < 1.29 is 13.2 Å². The van der Waals surface area contributed by atoms with Crippen LogP contribution in [0.5, 0.6) is 5.75 Å². The fourth-order valence-corrected chi connectivity index (χ4v) is 5.72. The van der Waals surface area contributed by atoms with Gasteiger partial charge in [-0.2, -0.15) is 0 Å². The average Bonchev–Trinajstić information content (AvgIpc) is 3.29. The van der Waals surface area contributed by atoms with Gasteiger partial charge in [-0.25, -0.2) is 12.7 Å². The summed E-state index contributed by atoms with van der Waals surface area (Å²) in [6.45, 7) is 3.23. The summed E-state index contributed by atoms with van der Waals surface area (Å²) in [5.74, 6) is 1.10. The largest absolute Gasteiger partial charge is 0.488 e. The fourth-order valence-electron chi connectivity index (χ4n) is 4.20. The Morgan fingerprint density at radius 3 is 2.24 bits per heavy atom. The van der Waals surface area contributed by atoms with Crippen LogP contribution in [0.3, 0.4) is 0 Å². The van der Waals surface area contributed by atoms with Gasteiger partial charge in [0.1, 0.15) is 11.9 Å². The van der Waals surface area contributed by atoms with Gasteiger partial charge < -0.3 is 9.64 Å². The lowest BCUT2D eigenvalue weighted by atomic mass is 10.1. The maximum absolute atomic E-state index is 12.7. The summed E-state index contributed by atoms with van der Waals surface area (Å²) >= 11 is 0. The lowest BCUT2D eigenvalue weighted by Crippen LogP contribution is -2.43. The van der Waals surface area contributed by atoms with E-state index in [1.807, 2.05) is 42.5 Å². The number of nitrogens with zero attached hydrogens (tertiary/aromatic N) is 2. The third-order valence-electron chi connectivity index (χ3n) is 5.89. The zero-order chi connectivity index (χ0) is 20.1. The van der Waals surface area contributed by atoms with E-state index in [4.69, 9.17) is 4.74 Å². The molecule has 6 heteroatoms. The molecule has 0 aromatic heterocycles. The Morgan fingerprint density at radius 2 is 1.52 bits per heavy atom. The molecule has 2 aromatic rings. The van der Waals surface area contributed by atoms with Gasteiger partial charge in [0.25, 0.3) is 0 Å². The Kier molecular flexibility index (Phi) is 6.40. The number of benzene rings is 2. The van der Waals surface area contributed by atoms with E-state index in [0.717, 1.165) is 37.2 Å². The molecule has 4 rings (SSSR count). The van der Waals surface area contributed by atoms with Crippen LogP contribution in [0, 0.1) is 0 Å². The SMILES string of the molecule is O=S(=O)(CCc1ccccc1)N1CCC(Oc2ccccc2N2CCCC2)CC1. The second-order valence-electron chi connectivity index (χ2n) is 7.93. The van der Waals surface area contributed by atoms with Crippen molar-refractivity contribution in [3.8, 4) is 5.75 Å². The molecular formula is C23H30N2O3S. The van der Waals surface area contributed by atoms with Gasteiger partial charge in [-0.3, -0.25) is 0 Å². The van der Waals surface area contributed by atoms with E-state index in [9.17, 15) is 8.42 Å². The minimum Gasteiger partial charge on any atom is -0.488 e. The molecule has 2 fully saturated rings. The second kappa shape index (κ2) is 9.18. The van der Waals surface area contributed by atoms with E-state index in [1.165, 1.54) is 18.5 Å². The molecule has 0 N–H and O–H groups in total. The first-order chi connectivity index (χ1) is 14.1. The number of aryl methyl sites for hydroxylation is 1. The Labute approximate surface area is 174 Å². The molecule has 156 valence electrons. The van der Waals surface area contributed by atoms with Gasteiger partial charge in [-0.05, 0) is 49.8 Å². The number of hydrogen-bond acceptors (Lipinski definition) is 4. The second-order valence-corrected chi connectivity index (χ2v) is 10.0. The van der Waals surface area contributed by atoms with Crippen LogP contribution < -0.4 is 9.64 Å². The summed E-state index contributed by atoms with van der Waals surface area (Å²) in [5, 5.41) is 0. The molecule has 2 heterocycles. The van der Waals surface area contributed by atoms with Gasteiger partial charge in [0.2, 0.25) is 10.0 Å². The number of ether oxygens (including phenoxy) is 1. The zero-order valence-electron chi connectivity index (χ0n) is 16.9. The highest BCUT2D eigenvalue weighted by molar-refractivity contribution is 7.89. The zero-order valence-corrected chi connectivity index (χ0v) is 17.7. The van der Waals surface area contributed by atoms with E-state index in [-0.39, 0.29) is 11.9 Å². The first kappa shape index (κ1) is 20.2. The van der Waals surface area contributed by atoms with Crippen LogP contribution in [0.25, 0.3) is 0 Å². The maximum Gasteiger partial charge on any atom is 0.214 e. The molecule has 2 aromatic carbocycles. The quantitative estimate of drug-likeness (QED) is 0.693. The molecule has 2 aliphatic rings. The summed E-state index contributed by atoms with van der Waals surface area (Å²) in [7, 11) is -3.23. The van der Waals surface area contributed by atoms with Crippen molar-refractivity contribution in [1.29, 1.82) is 0 Å². The van der Waals surface area contributed by atoms with Crippen molar-refractivity contribution in [2.45, 2.75) is 38.2 Å². The first-order valence-corrected chi connectivity index (χ1v) is 12.3. The van der Waals surface area contributed by atoms with Crippen molar-refractivity contribution in [2.75, 3.05) is 36.8 Å². The molecule has 2 aliphatic heterocycles. The van der Waals surface area contributed by atoms with Gasteiger partial charge in [0, 0.05) is 26.2 Å². The number of sulfonamides is 1. The topological polar surface area (TPSA) is 49.9 Å². The number of anilines is 1. The number of rotatable bonds is 7. The standard InChI is InChI=1S/C23H30N2O3S/c26-29(27,19-14-20-8-2-1-3-9-20)25-17-12-21(13-18-25)28-23-11-5-4-10-22(23)24-15-6-7-16-24/h1-5,8-11,21H,6-7,12-19H2. The van der Waals surface area contributed by atoms with Crippen molar-refractivity contribution >= 4 is 15.7 Å². The fraction of sp³-hybridized carbons (Fsp3) is 0.478. The molecule has 29 heavy (non-hydrogen) atoms. The van der Waals surface area contributed by atoms with Crippen LogP contribution >= 0.6 is 0 Å². The Hall–Kier alpha value is -2.05. The molecule has 0 spiro atoms. The highest BCUT2D eigenvalue weighted by Crippen LogP contribution is 2.32. The maximum atomic E-state index is 12.7. The highest BCUT2D eigenvalue weighted by Gasteiger charge is 2.29. The van der Waals surface area contributed by atoms with Crippen LogP contribution in [-0.2, 0) is 16.4 Å². The minimum atomic E-state index is -3.23. The predicted octanol–water partition coefficient (Wildman–Crippen LogP) is 3.70. The summed E-state index contributed by atoms with van der Waals surface area (Å²) in [6.07, 6.45) is 4.56. The van der Waals surface area contributed by atoms with E-state index in [2.05, 4.69) is 17.0 Å². The van der Waals surface area contributed by atoms with Gasteiger partial charge in [-0.15, -0.1) is 0 Å². The predicted molar refractivity (Wildman–Crippen MR) is 117 cm³/mol. The molecule has 5 nitrogen and oxygen atoms in total. The lowest BCUT2D eigenvalue weighted by molar-refractivity contribution is 0.135. The summed E-state index contributed by atoms with van der Waals surface area (Å²) in [5.41, 5.74) is 2.23. The average molecular weight is 415 g/mol. The van der Waals surface area contributed by atoms with Crippen LogP contribution in [0.4, 0.5) is 5.69 Å². The summed E-state index contributed by atoms with van der Waals surface area (Å²) in [4.78, 5) is 2.39. The Bertz CT molecular complexity index is 887. The van der Waals surface area contributed by atoms with E-state index < -0.39 is 10.0 Å². The van der Waals surface area contributed by atoms with Crippen molar-refractivity contribution in [2.24, 2.45) is 0 Å². The minimum absolute atomic E-state index is 0.0688. The Balaban J connectivity index is 1.32. The molecule has 0 unspecified atom stereocenters. The molecule has 0 radical (unpaired) electrons. The molecule has 0 saturated carbocycles. The lowest BCUT2D eigenvalue weighted by Gasteiger charge is -2.32. The summed E-state index contributed by atoms with van der Waals surface area (Å²) < 4.78 is 33.4. The van der Waals surface area contributed by atoms with Gasteiger partial charge in [0.05, 0.1) is 11.4 Å². The van der Waals surface area contributed by atoms with Crippen LogP contribution in [0.15, 0.2) is 54.6 Å². The summed E-state index contributed by atoms with van der Waals surface area (Å²) in [6, 6.07) is 18.0. The van der Waals surface area contributed by atoms with Crippen molar-refractivity contribution in [3.63, 3.8) is 0 Å². The molecule has 0 aliphatic carbocycles. The van der Waals surface area contributed by atoms with Gasteiger partial charge >= 0.3 is 0 Å². The molecule has 0 bridgehead atoms.